The predicted molar refractivity (Wildman–Crippen MR) is 87.8 cm³/mol. The van der Waals surface area contributed by atoms with Crippen LogP contribution in [0.2, 0.25) is 5.02 Å². The van der Waals surface area contributed by atoms with E-state index in [1.165, 1.54) is 18.3 Å². The monoisotopic (exact) mass is 317 g/mol. The van der Waals surface area contributed by atoms with Crippen LogP contribution < -0.4 is 0 Å². The van der Waals surface area contributed by atoms with E-state index in [-0.39, 0.29) is 12.0 Å². The third-order valence-electron chi connectivity index (χ3n) is 4.50. The number of nitrogens with zero attached hydrogens (tertiary/aromatic N) is 1. The highest BCUT2D eigenvalue weighted by atomic mass is 35.5. The molecule has 0 amide bonds. The lowest BCUT2D eigenvalue weighted by atomic mass is 9.96. The van der Waals surface area contributed by atoms with Crippen LogP contribution in [0.1, 0.15) is 30.9 Å². The van der Waals surface area contributed by atoms with Crippen LogP contribution in [0.25, 0.3) is 0 Å². The molecule has 0 radical (unpaired) electrons. The molecule has 4 heteroatoms. The van der Waals surface area contributed by atoms with Crippen LogP contribution in [0.5, 0.6) is 0 Å². The number of ether oxygens (including phenoxy) is 1. The topological polar surface area (TPSA) is 29.5 Å². The summed E-state index contributed by atoms with van der Waals surface area (Å²) in [6, 6.07) is 7.73. The van der Waals surface area contributed by atoms with Crippen molar-refractivity contribution in [3.8, 4) is 0 Å². The molecule has 116 valence electrons. The Kier molecular flexibility index (Phi) is 4.65. The molecule has 0 spiro atoms. The van der Waals surface area contributed by atoms with Gasteiger partial charge in [-0.05, 0) is 30.0 Å². The van der Waals surface area contributed by atoms with E-state index in [1.807, 2.05) is 24.3 Å². The average molecular weight is 318 g/mol. The molecular weight excluding hydrogens is 298 g/mol. The maximum absolute atomic E-state index is 11.9. The van der Waals surface area contributed by atoms with Gasteiger partial charge in [-0.2, -0.15) is 0 Å². The van der Waals surface area contributed by atoms with Gasteiger partial charge < -0.3 is 4.74 Å². The van der Waals surface area contributed by atoms with Gasteiger partial charge in [0.05, 0.1) is 13.5 Å². The van der Waals surface area contributed by atoms with E-state index in [9.17, 15) is 4.79 Å². The largest absolute Gasteiger partial charge is 0.469 e. The zero-order valence-electron chi connectivity index (χ0n) is 12.7. The summed E-state index contributed by atoms with van der Waals surface area (Å²) in [5.41, 5.74) is 3.93. The molecule has 0 saturated heterocycles. The Balaban J connectivity index is 1.87. The van der Waals surface area contributed by atoms with E-state index in [1.54, 1.807) is 0 Å². The van der Waals surface area contributed by atoms with Crippen molar-refractivity contribution in [1.82, 2.24) is 4.90 Å². The number of rotatable bonds is 4. The van der Waals surface area contributed by atoms with Crippen LogP contribution in [0.15, 0.2) is 47.6 Å². The Morgan fingerprint density at radius 1 is 1.41 bits per heavy atom. The van der Waals surface area contributed by atoms with E-state index < -0.39 is 0 Å². The van der Waals surface area contributed by atoms with Gasteiger partial charge in [0.25, 0.3) is 0 Å². The minimum absolute atomic E-state index is 0.0378. The Morgan fingerprint density at radius 2 is 2.23 bits per heavy atom. The number of halogens is 1. The molecular formula is C18H20ClNO2. The van der Waals surface area contributed by atoms with Crippen molar-refractivity contribution in [2.75, 3.05) is 20.2 Å². The molecule has 1 aromatic carbocycles. The lowest BCUT2D eigenvalue weighted by molar-refractivity contribution is -0.142. The zero-order chi connectivity index (χ0) is 15.5. The lowest BCUT2D eigenvalue weighted by Gasteiger charge is -2.35. The summed E-state index contributed by atoms with van der Waals surface area (Å²) in [5.74, 6) is -0.202. The number of hydrogen-bond acceptors (Lipinski definition) is 3. The average Bonchev–Trinajstić information content (AvgIpc) is 3.00. The van der Waals surface area contributed by atoms with Crippen molar-refractivity contribution in [3.63, 3.8) is 0 Å². The molecule has 1 heterocycles. The van der Waals surface area contributed by atoms with Gasteiger partial charge in [-0.3, -0.25) is 9.69 Å². The van der Waals surface area contributed by atoms with E-state index in [2.05, 4.69) is 17.1 Å². The van der Waals surface area contributed by atoms with Crippen molar-refractivity contribution in [3.05, 3.63) is 58.1 Å². The Hall–Kier alpha value is -1.58. The van der Waals surface area contributed by atoms with Gasteiger partial charge in [-0.15, -0.1) is 0 Å². The van der Waals surface area contributed by atoms with E-state index >= 15 is 0 Å². The molecule has 0 bridgehead atoms. The number of hydrogen-bond donors (Lipinski definition) is 0. The molecule has 0 aromatic heterocycles. The first-order valence-corrected chi connectivity index (χ1v) is 7.99. The molecule has 0 N–H and O–H groups in total. The van der Waals surface area contributed by atoms with Gasteiger partial charge in [0.1, 0.15) is 0 Å². The predicted octanol–water partition coefficient (Wildman–Crippen LogP) is 3.91. The van der Waals surface area contributed by atoms with Gasteiger partial charge in [0.15, 0.2) is 0 Å². The van der Waals surface area contributed by atoms with E-state index in [0.717, 1.165) is 31.5 Å². The van der Waals surface area contributed by atoms with Gasteiger partial charge >= 0.3 is 5.97 Å². The van der Waals surface area contributed by atoms with Crippen LogP contribution in [-0.2, 0) is 9.53 Å². The number of carbonyl (C=O) groups excluding carboxylic acids is 1. The summed E-state index contributed by atoms with van der Waals surface area (Å²) >= 11 is 6.37. The van der Waals surface area contributed by atoms with Crippen LogP contribution in [0, 0.1) is 0 Å². The van der Waals surface area contributed by atoms with Crippen molar-refractivity contribution in [1.29, 1.82) is 0 Å². The second-order valence-corrected chi connectivity index (χ2v) is 6.18. The maximum atomic E-state index is 11.9. The van der Waals surface area contributed by atoms with Crippen molar-refractivity contribution in [2.24, 2.45) is 0 Å². The summed E-state index contributed by atoms with van der Waals surface area (Å²) in [6.45, 7) is 1.83. The van der Waals surface area contributed by atoms with Gasteiger partial charge in [-0.1, -0.05) is 47.5 Å². The molecule has 3 rings (SSSR count). The maximum Gasteiger partial charge on any atom is 0.307 e. The second-order valence-electron chi connectivity index (χ2n) is 5.77. The van der Waals surface area contributed by atoms with Crippen molar-refractivity contribution >= 4 is 17.6 Å². The molecule has 22 heavy (non-hydrogen) atoms. The molecule has 1 aliphatic heterocycles. The van der Waals surface area contributed by atoms with Crippen molar-refractivity contribution < 1.29 is 9.53 Å². The summed E-state index contributed by atoms with van der Waals surface area (Å²) in [7, 11) is 1.43. The summed E-state index contributed by atoms with van der Waals surface area (Å²) in [5, 5.41) is 0.707. The summed E-state index contributed by atoms with van der Waals surface area (Å²) in [4.78, 5) is 14.2. The Morgan fingerprint density at radius 3 is 3.00 bits per heavy atom. The van der Waals surface area contributed by atoms with E-state index in [4.69, 9.17) is 16.3 Å². The number of allylic oxidation sites excluding steroid dienone is 1. The smallest absolute Gasteiger partial charge is 0.307 e. The van der Waals surface area contributed by atoms with Crippen LogP contribution in [0.4, 0.5) is 0 Å². The highest BCUT2D eigenvalue weighted by molar-refractivity contribution is 6.31. The first-order chi connectivity index (χ1) is 10.7. The van der Waals surface area contributed by atoms with Gasteiger partial charge in [0.2, 0.25) is 0 Å². The fourth-order valence-corrected chi connectivity index (χ4v) is 3.55. The van der Waals surface area contributed by atoms with Crippen LogP contribution >= 0.6 is 11.6 Å². The third-order valence-corrected chi connectivity index (χ3v) is 4.85. The summed E-state index contributed by atoms with van der Waals surface area (Å²) in [6.07, 6.45) is 6.90. The molecule has 1 atom stereocenters. The standard InChI is InChI=1S/C18H20ClNO2/c1-22-18(21)11-17(15-7-2-3-8-16(15)19)20-10-9-13-5-4-6-14(13)12-20/h2-4,6-8,17H,5,9-12H2,1H3. The molecule has 1 aliphatic carbocycles. The number of benzene rings is 1. The van der Waals surface area contributed by atoms with Gasteiger partial charge in [0, 0.05) is 24.2 Å². The Labute approximate surface area is 136 Å². The third kappa shape index (κ3) is 3.11. The van der Waals surface area contributed by atoms with E-state index in [0.29, 0.717) is 11.4 Å². The molecule has 0 fully saturated rings. The molecule has 2 aliphatic rings. The zero-order valence-corrected chi connectivity index (χ0v) is 13.5. The van der Waals surface area contributed by atoms with Crippen molar-refractivity contribution in [2.45, 2.75) is 25.3 Å². The highest BCUT2D eigenvalue weighted by Crippen LogP contribution is 2.36. The quantitative estimate of drug-likeness (QED) is 0.789. The number of methoxy groups -OCH3 is 1. The summed E-state index contributed by atoms with van der Waals surface area (Å²) < 4.78 is 4.88. The highest BCUT2D eigenvalue weighted by Gasteiger charge is 2.29. The first kappa shape index (κ1) is 15.3. The van der Waals surface area contributed by atoms with Crippen LogP contribution in [-0.4, -0.2) is 31.1 Å². The molecule has 0 saturated carbocycles. The Bertz CT molecular complexity index is 636. The fraction of sp³-hybridized carbons (Fsp3) is 0.389. The fourth-order valence-electron chi connectivity index (χ4n) is 3.28. The minimum atomic E-state index is -0.202. The second kappa shape index (κ2) is 6.67. The van der Waals surface area contributed by atoms with Crippen LogP contribution in [0.3, 0.4) is 0 Å². The number of esters is 1. The normalized spacial score (nSPS) is 19.2. The number of carbonyl (C=O) groups is 1. The minimum Gasteiger partial charge on any atom is -0.469 e. The van der Waals surface area contributed by atoms with Gasteiger partial charge in [-0.25, -0.2) is 0 Å². The molecule has 1 unspecified atom stereocenters. The first-order valence-electron chi connectivity index (χ1n) is 7.61. The molecule has 1 aromatic rings. The lowest BCUT2D eigenvalue weighted by Crippen LogP contribution is -2.36. The molecule has 3 nitrogen and oxygen atoms in total. The SMILES string of the molecule is COC(=O)CC(c1ccccc1Cl)N1CCC2=C(C=CC2)C1.